The maximum absolute atomic E-state index is 13.4. The fraction of sp³-hybridized carbons (Fsp3) is 0.391. The number of aromatic nitrogens is 3. The first-order valence-electron chi connectivity index (χ1n) is 10.5. The molecule has 1 unspecified atom stereocenters. The number of pyridine rings is 1. The van der Waals surface area contributed by atoms with Gasteiger partial charge in [0.2, 0.25) is 0 Å². The topological polar surface area (TPSA) is 48.0 Å². The second kappa shape index (κ2) is 8.00. The molecule has 0 amide bonds. The number of imidazole rings is 1. The van der Waals surface area contributed by atoms with Crippen LogP contribution in [0.2, 0.25) is 5.02 Å². The molecule has 1 aliphatic carbocycles. The largest absolute Gasteiger partial charge is 0.354 e. The van der Waals surface area contributed by atoms with Crippen LogP contribution < -0.4 is 4.90 Å². The predicted molar refractivity (Wildman–Crippen MR) is 118 cm³/mol. The third kappa shape index (κ3) is 3.94. The van der Waals surface area contributed by atoms with Gasteiger partial charge >= 0.3 is 0 Å². The standard InChI is InChI=1S/C23H25ClFN5/c1-15(16-2-3-16)29-8-10-30(11-9-29)22-13-18(6-7-26-22)23-27-14-21(28-23)17-4-5-20(25)19(24)12-17/h4-7,12-16H,2-3,8-11H2,1H3,(H,27,28). The lowest BCUT2D eigenvalue weighted by Gasteiger charge is -2.38. The van der Waals surface area contributed by atoms with Crippen LogP contribution in [-0.4, -0.2) is 52.1 Å². The molecule has 1 saturated carbocycles. The highest BCUT2D eigenvalue weighted by molar-refractivity contribution is 6.31. The molecule has 1 aromatic carbocycles. The lowest BCUT2D eigenvalue weighted by molar-refractivity contribution is 0.179. The highest BCUT2D eigenvalue weighted by atomic mass is 35.5. The van der Waals surface area contributed by atoms with Crippen LogP contribution in [0.5, 0.6) is 0 Å². The summed E-state index contributed by atoms with van der Waals surface area (Å²) in [5.41, 5.74) is 2.49. The van der Waals surface area contributed by atoms with E-state index in [0.717, 1.165) is 60.6 Å². The van der Waals surface area contributed by atoms with Gasteiger partial charge in [0.1, 0.15) is 17.5 Å². The van der Waals surface area contributed by atoms with E-state index in [-0.39, 0.29) is 5.02 Å². The molecule has 7 heteroatoms. The van der Waals surface area contributed by atoms with Crippen molar-refractivity contribution in [3.8, 4) is 22.6 Å². The van der Waals surface area contributed by atoms with Crippen LogP contribution in [0.15, 0.2) is 42.7 Å². The van der Waals surface area contributed by atoms with Gasteiger partial charge in [0.05, 0.1) is 10.7 Å². The Labute approximate surface area is 180 Å². The molecule has 3 heterocycles. The minimum absolute atomic E-state index is 0.0957. The summed E-state index contributed by atoms with van der Waals surface area (Å²) in [7, 11) is 0. The van der Waals surface area contributed by atoms with E-state index in [1.165, 1.54) is 18.9 Å². The summed E-state index contributed by atoms with van der Waals surface area (Å²) < 4.78 is 13.4. The van der Waals surface area contributed by atoms with Crippen molar-refractivity contribution in [2.24, 2.45) is 5.92 Å². The van der Waals surface area contributed by atoms with Crippen LogP contribution in [0.3, 0.4) is 0 Å². The molecule has 0 radical (unpaired) electrons. The molecular weight excluding hydrogens is 401 g/mol. The highest BCUT2D eigenvalue weighted by Crippen LogP contribution is 2.35. The Balaban J connectivity index is 1.31. The molecule has 1 atom stereocenters. The third-order valence-electron chi connectivity index (χ3n) is 6.33. The molecule has 2 aliphatic rings. The van der Waals surface area contributed by atoms with E-state index in [0.29, 0.717) is 6.04 Å². The van der Waals surface area contributed by atoms with Gasteiger partial charge in [0.25, 0.3) is 0 Å². The molecule has 2 fully saturated rings. The minimum Gasteiger partial charge on any atom is -0.354 e. The third-order valence-corrected chi connectivity index (χ3v) is 6.62. The van der Waals surface area contributed by atoms with Crippen LogP contribution >= 0.6 is 11.6 Å². The van der Waals surface area contributed by atoms with Crippen molar-refractivity contribution in [1.82, 2.24) is 19.9 Å². The normalized spacial score (nSPS) is 18.6. The first kappa shape index (κ1) is 19.5. The maximum Gasteiger partial charge on any atom is 0.141 e. The van der Waals surface area contributed by atoms with E-state index in [4.69, 9.17) is 11.6 Å². The molecule has 0 bridgehead atoms. The highest BCUT2D eigenvalue weighted by Gasteiger charge is 2.33. The van der Waals surface area contributed by atoms with E-state index >= 15 is 0 Å². The number of halogens is 2. The van der Waals surface area contributed by atoms with E-state index in [1.54, 1.807) is 12.1 Å². The van der Waals surface area contributed by atoms with Crippen LogP contribution in [0.4, 0.5) is 10.2 Å². The van der Waals surface area contributed by atoms with Gasteiger partial charge in [-0.2, -0.15) is 0 Å². The summed E-state index contributed by atoms with van der Waals surface area (Å²) in [6, 6.07) is 9.38. The zero-order chi connectivity index (χ0) is 20.7. The average molecular weight is 426 g/mol. The molecule has 1 N–H and O–H groups in total. The first-order valence-corrected chi connectivity index (χ1v) is 10.9. The molecule has 1 saturated heterocycles. The van der Waals surface area contributed by atoms with Gasteiger partial charge in [-0.3, -0.25) is 4.90 Å². The van der Waals surface area contributed by atoms with Crippen LogP contribution in [0.25, 0.3) is 22.6 Å². The fourth-order valence-corrected chi connectivity index (χ4v) is 4.43. The van der Waals surface area contributed by atoms with Crippen molar-refractivity contribution in [1.29, 1.82) is 0 Å². The van der Waals surface area contributed by atoms with Gasteiger partial charge < -0.3 is 9.88 Å². The van der Waals surface area contributed by atoms with E-state index in [1.807, 2.05) is 18.5 Å². The SMILES string of the molecule is CC(C1CC1)N1CCN(c2cc(-c3nc(-c4ccc(F)c(Cl)c4)c[nH]3)ccn2)CC1. The quantitative estimate of drug-likeness (QED) is 0.634. The zero-order valence-corrected chi connectivity index (χ0v) is 17.7. The maximum atomic E-state index is 13.4. The number of anilines is 1. The molecular formula is C23H25ClFN5. The number of piperazine rings is 1. The summed E-state index contributed by atoms with van der Waals surface area (Å²) in [6.45, 7) is 6.52. The Hall–Kier alpha value is -2.44. The van der Waals surface area contributed by atoms with Crippen molar-refractivity contribution in [2.45, 2.75) is 25.8 Å². The predicted octanol–water partition coefficient (Wildman–Crippen LogP) is 4.85. The van der Waals surface area contributed by atoms with Crippen molar-refractivity contribution >= 4 is 17.4 Å². The van der Waals surface area contributed by atoms with Crippen LogP contribution in [0.1, 0.15) is 19.8 Å². The van der Waals surface area contributed by atoms with Gasteiger partial charge in [-0.1, -0.05) is 11.6 Å². The van der Waals surface area contributed by atoms with Gasteiger partial charge in [0, 0.05) is 55.7 Å². The molecule has 156 valence electrons. The number of aromatic amines is 1. The molecule has 5 rings (SSSR count). The van der Waals surface area contributed by atoms with Crippen LogP contribution in [-0.2, 0) is 0 Å². The monoisotopic (exact) mass is 425 g/mol. The lowest BCUT2D eigenvalue weighted by atomic mass is 10.1. The van der Waals surface area contributed by atoms with Crippen molar-refractivity contribution in [3.63, 3.8) is 0 Å². The molecule has 5 nitrogen and oxygen atoms in total. The fourth-order valence-electron chi connectivity index (χ4n) is 4.25. The van der Waals surface area contributed by atoms with Gasteiger partial charge in [-0.25, -0.2) is 14.4 Å². The summed E-state index contributed by atoms with van der Waals surface area (Å²) in [5, 5.41) is 0.0957. The van der Waals surface area contributed by atoms with E-state index < -0.39 is 5.82 Å². The molecule has 2 aromatic heterocycles. The summed E-state index contributed by atoms with van der Waals surface area (Å²) in [6.07, 6.45) is 6.43. The summed E-state index contributed by atoms with van der Waals surface area (Å²) >= 11 is 5.91. The minimum atomic E-state index is -0.429. The summed E-state index contributed by atoms with van der Waals surface area (Å²) in [5.74, 6) is 2.22. The van der Waals surface area contributed by atoms with Crippen molar-refractivity contribution < 1.29 is 4.39 Å². The second-order valence-electron chi connectivity index (χ2n) is 8.27. The molecule has 0 spiro atoms. The summed E-state index contributed by atoms with van der Waals surface area (Å²) in [4.78, 5) is 17.5. The van der Waals surface area contributed by atoms with Crippen molar-refractivity contribution in [2.75, 3.05) is 31.1 Å². The van der Waals surface area contributed by atoms with E-state index in [9.17, 15) is 4.39 Å². The smallest absolute Gasteiger partial charge is 0.141 e. The second-order valence-corrected chi connectivity index (χ2v) is 8.67. The molecule has 1 aliphatic heterocycles. The first-order chi connectivity index (χ1) is 14.6. The molecule has 30 heavy (non-hydrogen) atoms. The Kier molecular flexibility index (Phi) is 5.21. The van der Waals surface area contributed by atoms with Gasteiger partial charge in [-0.05, 0) is 56.0 Å². The Morgan fingerprint density at radius 3 is 2.63 bits per heavy atom. The van der Waals surface area contributed by atoms with E-state index in [2.05, 4.69) is 37.7 Å². The number of nitrogens with one attached hydrogen (secondary N) is 1. The number of rotatable bonds is 5. The van der Waals surface area contributed by atoms with Gasteiger partial charge in [0.15, 0.2) is 0 Å². The average Bonchev–Trinajstić information content (AvgIpc) is 3.51. The lowest BCUT2D eigenvalue weighted by Crippen LogP contribution is -2.50. The Morgan fingerprint density at radius 1 is 1.10 bits per heavy atom. The number of H-pyrrole nitrogens is 1. The molecule has 3 aromatic rings. The van der Waals surface area contributed by atoms with Crippen LogP contribution in [0, 0.1) is 11.7 Å². The zero-order valence-electron chi connectivity index (χ0n) is 17.0. The number of benzene rings is 1. The number of hydrogen-bond donors (Lipinski definition) is 1. The number of nitrogens with zero attached hydrogens (tertiary/aromatic N) is 4. The number of hydrogen-bond acceptors (Lipinski definition) is 4. The Morgan fingerprint density at radius 2 is 1.90 bits per heavy atom. The van der Waals surface area contributed by atoms with Gasteiger partial charge in [-0.15, -0.1) is 0 Å². The van der Waals surface area contributed by atoms with Crippen molar-refractivity contribution in [3.05, 3.63) is 53.6 Å². The Bertz CT molecular complexity index is 1040.